The van der Waals surface area contributed by atoms with Gasteiger partial charge in [-0.05, 0) is 24.3 Å². The highest BCUT2D eigenvalue weighted by Crippen LogP contribution is 2.23. The van der Waals surface area contributed by atoms with Gasteiger partial charge in [-0.15, -0.1) is 0 Å². The number of carbonyl (C=O) groups excluding carboxylic acids is 1. The van der Waals surface area contributed by atoms with E-state index in [1.807, 2.05) is 0 Å². The van der Waals surface area contributed by atoms with E-state index in [2.05, 4.69) is 0 Å². The molecule has 24 heavy (non-hydrogen) atoms. The van der Waals surface area contributed by atoms with Gasteiger partial charge in [0.2, 0.25) is 10.0 Å². The monoisotopic (exact) mass is 356 g/mol. The summed E-state index contributed by atoms with van der Waals surface area (Å²) in [6.07, 6.45) is -0.103. The summed E-state index contributed by atoms with van der Waals surface area (Å²) >= 11 is 0. The lowest BCUT2D eigenvalue weighted by Gasteiger charge is -2.21. The minimum atomic E-state index is -3.58. The number of rotatable bonds is 5. The number of hydrogen-bond donors (Lipinski definition) is 1. The number of sulfonamides is 1. The third-order valence-corrected chi connectivity index (χ3v) is 5.85. The maximum Gasteiger partial charge on any atom is 0.326 e. The standard InChI is InChI=1S/C15H20N2O6S/c1-16(2)24(21,22)12-6-4-10(5-7-12)14(18)17-9-11(23-3)8-13(17)15(19)20/h4-7,11,13H,8-9H2,1-3H3,(H,19,20). The molecular formula is C15H20N2O6S. The Kier molecular flexibility index (Phi) is 5.26. The van der Waals surface area contributed by atoms with Crippen LogP contribution in [0.4, 0.5) is 0 Å². The zero-order valence-corrected chi connectivity index (χ0v) is 14.5. The third kappa shape index (κ3) is 3.42. The Bertz CT molecular complexity index is 729. The van der Waals surface area contributed by atoms with Crippen LogP contribution in [0, 0.1) is 0 Å². The molecule has 1 aliphatic heterocycles. The van der Waals surface area contributed by atoms with Crippen molar-refractivity contribution < 1.29 is 27.9 Å². The molecule has 1 aromatic carbocycles. The topological polar surface area (TPSA) is 104 Å². The van der Waals surface area contributed by atoms with Crippen molar-refractivity contribution in [1.29, 1.82) is 0 Å². The molecular weight excluding hydrogens is 336 g/mol. The van der Waals surface area contributed by atoms with Gasteiger partial charge >= 0.3 is 5.97 Å². The number of hydrogen-bond acceptors (Lipinski definition) is 5. The molecule has 1 amide bonds. The van der Waals surface area contributed by atoms with Gasteiger partial charge in [0.15, 0.2) is 0 Å². The van der Waals surface area contributed by atoms with Gasteiger partial charge in [0.25, 0.3) is 5.91 Å². The first kappa shape index (κ1) is 18.4. The summed E-state index contributed by atoms with van der Waals surface area (Å²) in [4.78, 5) is 25.2. The fourth-order valence-electron chi connectivity index (χ4n) is 2.57. The van der Waals surface area contributed by atoms with Crippen LogP contribution in [-0.4, -0.2) is 74.5 Å². The predicted molar refractivity (Wildman–Crippen MR) is 85.2 cm³/mol. The van der Waals surface area contributed by atoms with Crippen LogP contribution in [0.2, 0.25) is 0 Å². The van der Waals surface area contributed by atoms with Crippen LogP contribution >= 0.6 is 0 Å². The number of carbonyl (C=O) groups is 2. The van der Waals surface area contributed by atoms with Crippen LogP contribution in [0.25, 0.3) is 0 Å². The van der Waals surface area contributed by atoms with E-state index in [0.29, 0.717) is 0 Å². The van der Waals surface area contributed by atoms with Crippen molar-refractivity contribution in [2.24, 2.45) is 0 Å². The Morgan fingerprint density at radius 3 is 2.29 bits per heavy atom. The van der Waals surface area contributed by atoms with Crippen molar-refractivity contribution in [2.75, 3.05) is 27.7 Å². The van der Waals surface area contributed by atoms with Crippen LogP contribution in [0.15, 0.2) is 29.2 Å². The minimum absolute atomic E-state index is 0.0648. The van der Waals surface area contributed by atoms with Crippen LogP contribution in [0.1, 0.15) is 16.8 Å². The molecule has 0 aromatic heterocycles. The number of likely N-dealkylation sites (tertiary alicyclic amines) is 1. The molecule has 1 N–H and O–H groups in total. The maximum absolute atomic E-state index is 12.6. The summed E-state index contributed by atoms with van der Waals surface area (Å²) in [6, 6.07) is 4.49. The van der Waals surface area contributed by atoms with Crippen molar-refractivity contribution in [2.45, 2.75) is 23.5 Å². The average Bonchev–Trinajstić information content (AvgIpc) is 2.98. The molecule has 0 aliphatic carbocycles. The second-order valence-electron chi connectivity index (χ2n) is 5.72. The fourth-order valence-corrected chi connectivity index (χ4v) is 3.47. The van der Waals surface area contributed by atoms with Gasteiger partial charge in [0.05, 0.1) is 11.0 Å². The molecule has 9 heteroatoms. The largest absolute Gasteiger partial charge is 0.480 e. The molecule has 1 heterocycles. The lowest BCUT2D eigenvalue weighted by atomic mass is 10.1. The van der Waals surface area contributed by atoms with Crippen LogP contribution in [0.3, 0.4) is 0 Å². The highest BCUT2D eigenvalue weighted by Gasteiger charge is 2.40. The Morgan fingerprint density at radius 1 is 1.25 bits per heavy atom. The Balaban J connectivity index is 2.25. The lowest BCUT2D eigenvalue weighted by molar-refractivity contribution is -0.141. The van der Waals surface area contributed by atoms with E-state index < -0.39 is 27.9 Å². The molecule has 2 rings (SSSR count). The Morgan fingerprint density at radius 2 is 1.83 bits per heavy atom. The van der Waals surface area contributed by atoms with Crippen LogP contribution in [0.5, 0.6) is 0 Å². The minimum Gasteiger partial charge on any atom is -0.480 e. The van der Waals surface area contributed by atoms with Gasteiger partial charge in [-0.1, -0.05) is 0 Å². The van der Waals surface area contributed by atoms with E-state index in [1.165, 1.54) is 50.4 Å². The van der Waals surface area contributed by atoms with Crippen LogP contribution < -0.4 is 0 Å². The van der Waals surface area contributed by atoms with E-state index in [1.54, 1.807) is 0 Å². The molecule has 1 saturated heterocycles. The number of carboxylic acids is 1. The second-order valence-corrected chi connectivity index (χ2v) is 7.87. The molecule has 2 atom stereocenters. The predicted octanol–water partition coefficient (Wildman–Crippen LogP) is 0.251. The quantitative estimate of drug-likeness (QED) is 0.811. The summed E-state index contributed by atoms with van der Waals surface area (Å²) in [7, 11) is 0.725. The first-order valence-corrected chi connectivity index (χ1v) is 8.71. The molecule has 1 aliphatic rings. The number of ether oxygens (including phenoxy) is 1. The summed E-state index contributed by atoms with van der Waals surface area (Å²) in [5, 5.41) is 9.27. The molecule has 1 aromatic rings. The summed E-state index contributed by atoms with van der Waals surface area (Å²) in [6.45, 7) is 0.185. The van der Waals surface area contributed by atoms with Crippen molar-refractivity contribution in [3.05, 3.63) is 29.8 Å². The molecule has 1 fully saturated rings. The number of carboxylic acid groups (broad SMARTS) is 1. The second kappa shape index (κ2) is 6.88. The summed E-state index contributed by atoms with van der Waals surface area (Å²) < 4.78 is 30.3. The first-order valence-electron chi connectivity index (χ1n) is 7.27. The van der Waals surface area contributed by atoms with Crippen molar-refractivity contribution >= 4 is 21.9 Å². The zero-order chi connectivity index (χ0) is 18.1. The van der Waals surface area contributed by atoms with Gasteiger partial charge in [-0.25, -0.2) is 17.5 Å². The van der Waals surface area contributed by atoms with Gasteiger partial charge in [0.1, 0.15) is 6.04 Å². The zero-order valence-electron chi connectivity index (χ0n) is 13.7. The van der Waals surface area contributed by atoms with Gasteiger partial charge < -0.3 is 14.7 Å². The third-order valence-electron chi connectivity index (χ3n) is 4.02. The number of benzene rings is 1. The normalized spacial score (nSPS) is 21.2. The highest BCUT2D eigenvalue weighted by molar-refractivity contribution is 7.89. The molecule has 0 bridgehead atoms. The highest BCUT2D eigenvalue weighted by atomic mass is 32.2. The van der Waals surface area contributed by atoms with E-state index in [-0.39, 0.29) is 29.5 Å². The first-order chi connectivity index (χ1) is 11.2. The average molecular weight is 356 g/mol. The van der Waals surface area contributed by atoms with Crippen LogP contribution in [-0.2, 0) is 19.6 Å². The van der Waals surface area contributed by atoms with E-state index in [9.17, 15) is 23.1 Å². The fraction of sp³-hybridized carbons (Fsp3) is 0.467. The summed E-state index contributed by atoms with van der Waals surface area (Å²) in [5.74, 6) is -1.55. The van der Waals surface area contributed by atoms with E-state index in [0.717, 1.165) is 4.31 Å². The molecule has 8 nitrogen and oxygen atoms in total. The van der Waals surface area contributed by atoms with Gasteiger partial charge in [0, 0.05) is 39.7 Å². The summed E-state index contributed by atoms with van der Waals surface area (Å²) in [5.41, 5.74) is 0.232. The Hall–Kier alpha value is -1.97. The van der Waals surface area contributed by atoms with Gasteiger partial charge in [-0.2, -0.15) is 0 Å². The number of aliphatic carboxylic acids is 1. The smallest absolute Gasteiger partial charge is 0.326 e. The maximum atomic E-state index is 12.6. The number of amides is 1. The Labute approximate surface area is 140 Å². The van der Waals surface area contributed by atoms with Crippen molar-refractivity contribution in [3.63, 3.8) is 0 Å². The molecule has 0 saturated carbocycles. The molecule has 0 spiro atoms. The van der Waals surface area contributed by atoms with Crippen molar-refractivity contribution in [3.8, 4) is 0 Å². The number of nitrogens with zero attached hydrogens (tertiary/aromatic N) is 2. The molecule has 2 unspecified atom stereocenters. The van der Waals surface area contributed by atoms with E-state index >= 15 is 0 Å². The number of methoxy groups -OCH3 is 1. The molecule has 132 valence electrons. The van der Waals surface area contributed by atoms with Crippen molar-refractivity contribution in [1.82, 2.24) is 9.21 Å². The van der Waals surface area contributed by atoms with Gasteiger partial charge in [-0.3, -0.25) is 4.79 Å². The lowest BCUT2D eigenvalue weighted by Crippen LogP contribution is -2.40. The van der Waals surface area contributed by atoms with E-state index in [4.69, 9.17) is 4.74 Å². The SMILES string of the molecule is COC1CC(C(=O)O)N(C(=O)c2ccc(S(=O)(=O)N(C)C)cc2)C1. The molecule has 0 radical (unpaired) electrons.